The molecule has 6 heteroatoms. The smallest absolute Gasteiger partial charge is 0.244 e. The number of aromatic nitrogens is 2. The Balaban J connectivity index is 0.00000676. The maximum Gasteiger partial charge on any atom is 0.244 e. The lowest BCUT2D eigenvalue weighted by Crippen LogP contribution is -3.00. The largest absolute Gasteiger partial charge is 1.00 e. The summed E-state index contributed by atoms with van der Waals surface area (Å²) in [4.78, 5) is 0. The third kappa shape index (κ3) is 14.5. The zero-order valence-electron chi connectivity index (χ0n) is 17.3. The van der Waals surface area contributed by atoms with E-state index in [-0.39, 0.29) is 18.2 Å². The van der Waals surface area contributed by atoms with Crippen LogP contribution in [0.2, 0.25) is 0 Å². The molecule has 0 spiro atoms. The van der Waals surface area contributed by atoms with Crippen LogP contribution in [0.4, 0.5) is 0 Å². The Morgan fingerprint density at radius 2 is 1.37 bits per heavy atom. The number of hydrogen-bond acceptors (Lipinski definition) is 2. The summed E-state index contributed by atoms with van der Waals surface area (Å²) in [7, 11) is 0. The highest BCUT2D eigenvalue weighted by Gasteiger charge is 2.05. The molecule has 0 unspecified atom stereocenters. The molecule has 1 aromatic heterocycles. The molecule has 5 nitrogen and oxygen atoms in total. The van der Waals surface area contributed by atoms with E-state index in [9.17, 15) is 0 Å². The van der Waals surface area contributed by atoms with E-state index >= 15 is 0 Å². The Bertz CT molecular complexity index is 477. The van der Waals surface area contributed by atoms with Crippen molar-refractivity contribution in [1.82, 2.24) is 4.57 Å². The number of nitrogens with zero attached hydrogens (tertiary/aromatic N) is 3. The Morgan fingerprint density at radius 1 is 0.889 bits per heavy atom. The highest BCUT2D eigenvalue weighted by atomic mass is 35.5. The van der Waals surface area contributed by atoms with Gasteiger partial charge in [0.25, 0.3) is 0 Å². The van der Waals surface area contributed by atoms with Crippen LogP contribution in [0.3, 0.4) is 0 Å². The van der Waals surface area contributed by atoms with Crippen LogP contribution in [0.5, 0.6) is 0 Å². The Kier molecular flexibility index (Phi) is 17.3. The summed E-state index contributed by atoms with van der Waals surface area (Å²) in [5.74, 6) is 0.226. The van der Waals surface area contributed by atoms with Gasteiger partial charge in [0.1, 0.15) is 12.4 Å². The van der Waals surface area contributed by atoms with Crippen molar-refractivity contribution in [3.8, 4) is 0 Å². The summed E-state index contributed by atoms with van der Waals surface area (Å²) in [6.45, 7) is 3.76. The zero-order valence-corrected chi connectivity index (χ0v) is 18.0. The van der Waals surface area contributed by atoms with Gasteiger partial charge in [-0.15, -0.1) is 0 Å². The highest BCUT2D eigenvalue weighted by molar-refractivity contribution is 5.78. The number of nitrogens with two attached hydrogens (primary N) is 1. The van der Waals surface area contributed by atoms with Crippen LogP contribution in [0, 0.1) is 0 Å². The number of imidazole rings is 1. The van der Waals surface area contributed by atoms with Gasteiger partial charge in [0.2, 0.25) is 6.33 Å². The van der Waals surface area contributed by atoms with Gasteiger partial charge < -0.3 is 23.3 Å². The maximum atomic E-state index is 8.59. The van der Waals surface area contributed by atoms with Crippen LogP contribution in [-0.2, 0) is 13.1 Å². The Morgan fingerprint density at radius 3 is 1.85 bits per heavy atom. The van der Waals surface area contributed by atoms with Crippen LogP contribution in [0.15, 0.2) is 23.9 Å². The van der Waals surface area contributed by atoms with Gasteiger partial charge in [0.05, 0.1) is 6.54 Å². The fraction of sp³-hybridized carbons (Fsp3) is 0.810. The molecule has 0 aliphatic carbocycles. The van der Waals surface area contributed by atoms with Crippen LogP contribution in [-0.4, -0.2) is 15.6 Å². The first-order chi connectivity index (χ1) is 12.8. The molecular weight excluding hydrogens is 360 g/mol. The zero-order chi connectivity index (χ0) is 18.9. The van der Waals surface area contributed by atoms with Crippen LogP contribution < -0.4 is 22.7 Å². The average molecular weight is 401 g/mol. The second-order valence-electron chi connectivity index (χ2n) is 7.51. The lowest BCUT2D eigenvalue weighted by molar-refractivity contribution is -0.681. The summed E-state index contributed by atoms with van der Waals surface area (Å²) in [5.41, 5.74) is 5.52. The van der Waals surface area contributed by atoms with E-state index in [1.165, 1.54) is 89.9 Å². The molecule has 0 fully saturated rings. The van der Waals surface area contributed by atoms with E-state index < -0.39 is 0 Å². The van der Waals surface area contributed by atoms with Crippen molar-refractivity contribution in [3.63, 3.8) is 0 Å². The number of unbranched alkanes of at least 4 members (excludes halogenated alkanes) is 13. The van der Waals surface area contributed by atoms with Gasteiger partial charge >= 0.3 is 0 Å². The number of oxime groups is 1. The molecule has 0 bridgehead atoms. The first-order valence-electron chi connectivity index (χ1n) is 10.8. The van der Waals surface area contributed by atoms with Crippen molar-refractivity contribution in [2.24, 2.45) is 10.9 Å². The van der Waals surface area contributed by atoms with E-state index in [4.69, 9.17) is 10.9 Å². The number of halogens is 1. The molecule has 0 atom stereocenters. The molecule has 1 heterocycles. The number of aryl methyl sites for hydroxylation is 1. The summed E-state index contributed by atoms with van der Waals surface area (Å²) in [5, 5.41) is 11.6. The van der Waals surface area contributed by atoms with Crippen molar-refractivity contribution in [3.05, 3.63) is 18.7 Å². The number of hydrogen-bond donors (Lipinski definition) is 2. The highest BCUT2D eigenvalue weighted by Crippen LogP contribution is 2.13. The van der Waals surface area contributed by atoms with Crippen LogP contribution >= 0.6 is 0 Å². The minimum atomic E-state index is 0. The molecule has 0 saturated carbocycles. The first-order valence-corrected chi connectivity index (χ1v) is 10.8. The second kappa shape index (κ2) is 18.1. The van der Waals surface area contributed by atoms with Gasteiger partial charge in [-0.05, 0) is 12.8 Å². The molecule has 27 heavy (non-hydrogen) atoms. The van der Waals surface area contributed by atoms with Crippen molar-refractivity contribution >= 4 is 5.84 Å². The number of amidine groups is 1. The lowest BCUT2D eigenvalue weighted by atomic mass is 10.0. The fourth-order valence-corrected chi connectivity index (χ4v) is 3.37. The standard InChI is InChI=1S/C21H40N4O.ClH/c1-2-3-4-5-6-7-8-9-10-11-12-13-14-15-16-24-17-18-25(20-24)19-21(22)23-26;/h17-18,20H,2-16,19H2,1H3,(H2-,22,23,26);1H. The van der Waals surface area contributed by atoms with Gasteiger partial charge in [0, 0.05) is 0 Å². The van der Waals surface area contributed by atoms with E-state index in [1.54, 1.807) is 0 Å². The molecule has 0 amide bonds. The van der Waals surface area contributed by atoms with Crippen molar-refractivity contribution in [1.29, 1.82) is 0 Å². The van der Waals surface area contributed by atoms with Gasteiger partial charge in [-0.25, -0.2) is 9.13 Å². The van der Waals surface area contributed by atoms with E-state index in [2.05, 4.69) is 16.6 Å². The van der Waals surface area contributed by atoms with E-state index in [1.807, 2.05) is 23.3 Å². The summed E-state index contributed by atoms with van der Waals surface area (Å²) in [6, 6.07) is 0. The van der Waals surface area contributed by atoms with Crippen molar-refractivity contribution in [2.75, 3.05) is 0 Å². The van der Waals surface area contributed by atoms with Crippen molar-refractivity contribution in [2.45, 2.75) is 110 Å². The third-order valence-electron chi connectivity index (χ3n) is 4.99. The monoisotopic (exact) mass is 400 g/mol. The van der Waals surface area contributed by atoms with Gasteiger partial charge in [0.15, 0.2) is 12.4 Å². The van der Waals surface area contributed by atoms with Crippen molar-refractivity contribution < 1.29 is 22.2 Å². The lowest BCUT2D eigenvalue weighted by Gasteiger charge is -2.03. The van der Waals surface area contributed by atoms with E-state index in [0.717, 1.165) is 6.54 Å². The molecule has 0 aromatic carbocycles. The fourth-order valence-electron chi connectivity index (χ4n) is 3.37. The predicted octanol–water partition coefficient (Wildman–Crippen LogP) is 2.01. The van der Waals surface area contributed by atoms with Gasteiger partial charge in [-0.1, -0.05) is 89.1 Å². The molecule has 0 saturated heterocycles. The Labute approximate surface area is 172 Å². The second-order valence-corrected chi connectivity index (χ2v) is 7.51. The van der Waals surface area contributed by atoms with Gasteiger partial charge in [-0.3, -0.25) is 0 Å². The molecule has 158 valence electrons. The maximum absolute atomic E-state index is 8.59. The molecule has 0 radical (unpaired) electrons. The molecule has 0 aliphatic rings. The summed E-state index contributed by atoms with van der Waals surface area (Å²) in [6.07, 6.45) is 25.5. The number of rotatable bonds is 17. The summed E-state index contributed by atoms with van der Waals surface area (Å²) >= 11 is 0. The SMILES string of the molecule is CCCCCCCCCCCCCCCCn1cc[n+](C/C(N)=N/O)c1.[Cl-]. The predicted molar refractivity (Wildman–Crippen MR) is 108 cm³/mol. The molecule has 1 aromatic rings. The average Bonchev–Trinajstić information content (AvgIpc) is 3.09. The molecule has 0 aliphatic heterocycles. The summed E-state index contributed by atoms with van der Waals surface area (Å²) < 4.78 is 4.10. The quantitative estimate of drug-likeness (QED) is 0.105. The Hall–Kier alpha value is -1.23. The molecular formula is C21H41ClN4O. The molecule has 1 rings (SSSR count). The van der Waals surface area contributed by atoms with Gasteiger partial charge in [-0.2, -0.15) is 0 Å². The van der Waals surface area contributed by atoms with Crippen LogP contribution in [0.1, 0.15) is 96.8 Å². The first kappa shape index (κ1) is 25.8. The van der Waals surface area contributed by atoms with Crippen LogP contribution in [0.25, 0.3) is 0 Å². The normalized spacial score (nSPS) is 11.5. The third-order valence-corrected chi connectivity index (χ3v) is 4.99. The van der Waals surface area contributed by atoms with E-state index in [0.29, 0.717) is 6.54 Å². The topological polar surface area (TPSA) is 67.4 Å². The minimum Gasteiger partial charge on any atom is -1.00 e. The molecule has 3 N–H and O–H groups in total. The minimum absolute atomic E-state index is 0.